The van der Waals surface area contributed by atoms with Crippen LogP contribution in [0, 0.1) is 0 Å². The SMILES string of the molecule is O=C(CCn1[nH]c(=O)ccc1=O)NCc1ccc(NC(=O)c2ccco2)cc1. The molecule has 9 nitrogen and oxygen atoms in total. The molecule has 3 rings (SSSR count). The third-order valence-electron chi connectivity index (χ3n) is 3.90. The van der Waals surface area contributed by atoms with E-state index >= 15 is 0 Å². The highest BCUT2D eigenvalue weighted by molar-refractivity contribution is 6.02. The number of furan rings is 1. The van der Waals surface area contributed by atoms with Crippen molar-refractivity contribution in [2.24, 2.45) is 0 Å². The van der Waals surface area contributed by atoms with Crippen molar-refractivity contribution in [2.45, 2.75) is 19.5 Å². The molecule has 2 heterocycles. The molecule has 0 bridgehead atoms. The lowest BCUT2D eigenvalue weighted by Crippen LogP contribution is -2.31. The number of benzene rings is 1. The first kappa shape index (κ1) is 18.9. The maximum absolute atomic E-state index is 11.9. The van der Waals surface area contributed by atoms with Crippen molar-refractivity contribution in [1.82, 2.24) is 15.1 Å². The molecule has 3 N–H and O–H groups in total. The molecule has 2 aromatic heterocycles. The van der Waals surface area contributed by atoms with Gasteiger partial charge in [0, 0.05) is 30.8 Å². The molecule has 0 fully saturated rings. The van der Waals surface area contributed by atoms with Crippen LogP contribution in [0.25, 0.3) is 0 Å². The molecule has 0 aliphatic heterocycles. The van der Waals surface area contributed by atoms with Crippen molar-refractivity contribution >= 4 is 17.5 Å². The lowest BCUT2D eigenvalue weighted by Gasteiger charge is -2.08. The summed E-state index contributed by atoms with van der Waals surface area (Å²) in [6.07, 6.45) is 1.48. The van der Waals surface area contributed by atoms with E-state index in [1.165, 1.54) is 6.26 Å². The summed E-state index contributed by atoms with van der Waals surface area (Å²) in [7, 11) is 0. The summed E-state index contributed by atoms with van der Waals surface area (Å²) in [6, 6.07) is 12.5. The van der Waals surface area contributed by atoms with Crippen LogP contribution in [-0.2, 0) is 17.9 Å². The minimum Gasteiger partial charge on any atom is -0.459 e. The predicted octanol–water partition coefficient (Wildman–Crippen LogP) is 1.09. The molecule has 0 saturated carbocycles. The fraction of sp³-hybridized carbons (Fsp3) is 0.158. The normalized spacial score (nSPS) is 10.4. The van der Waals surface area contributed by atoms with Crippen molar-refractivity contribution in [2.75, 3.05) is 5.32 Å². The van der Waals surface area contributed by atoms with Gasteiger partial charge in [-0.25, -0.2) is 4.68 Å². The Kier molecular flexibility index (Phi) is 5.85. The number of rotatable bonds is 7. The number of hydrogen-bond donors (Lipinski definition) is 3. The molecule has 0 unspecified atom stereocenters. The van der Waals surface area contributed by atoms with Gasteiger partial charge in [0.15, 0.2) is 5.76 Å². The van der Waals surface area contributed by atoms with E-state index in [0.717, 1.165) is 22.4 Å². The van der Waals surface area contributed by atoms with Gasteiger partial charge in [-0.2, -0.15) is 0 Å². The Hall–Kier alpha value is -3.88. The standard InChI is InChI=1S/C19H18N4O5/c24-16(9-10-23-18(26)8-7-17(25)22-23)20-12-13-3-5-14(6-4-13)21-19(27)15-2-1-11-28-15/h1-8,11H,9-10,12H2,(H,20,24)(H,21,27)(H,22,25). The smallest absolute Gasteiger partial charge is 0.291 e. The first-order valence-corrected chi connectivity index (χ1v) is 8.52. The second kappa shape index (κ2) is 8.67. The summed E-state index contributed by atoms with van der Waals surface area (Å²) < 4.78 is 6.12. The zero-order valence-electron chi connectivity index (χ0n) is 14.8. The third-order valence-corrected chi connectivity index (χ3v) is 3.90. The molecule has 0 spiro atoms. The third kappa shape index (κ3) is 5.07. The van der Waals surface area contributed by atoms with E-state index in [4.69, 9.17) is 4.42 Å². The maximum Gasteiger partial charge on any atom is 0.291 e. The molecule has 0 aliphatic rings. The number of carbonyl (C=O) groups is 2. The Morgan fingerprint density at radius 1 is 1.04 bits per heavy atom. The van der Waals surface area contributed by atoms with E-state index in [2.05, 4.69) is 15.7 Å². The highest BCUT2D eigenvalue weighted by Gasteiger charge is 2.08. The van der Waals surface area contributed by atoms with Gasteiger partial charge >= 0.3 is 0 Å². The minimum absolute atomic E-state index is 0.0527. The van der Waals surface area contributed by atoms with Gasteiger partial charge in [-0.3, -0.25) is 24.3 Å². The molecular weight excluding hydrogens is 364 g/mol. The van der Waals surface area contributed by atoms with Crippen LogP contribution in [0.2, 0.25) is 0 Å². The van der Waals surface area contributed by atoms with Gasteiger partial charge in [0.1, 0.15) is 0 Å². The number of H-pyrrole nitrogens is 1. The van der Waals surface area contributed by atoms with Gasteiger partial charge in [-0.05, 0) is 29.8 Å². The Morgan fingerprint density at radius 3 is 2.54 bits per heavy atom. The second-order valence-corrected chi connectivity index (χ2v) is 5.95. The minimum atomic E-state index is -0.403. The van der Waals surface area contributed by atoms with Gasteiger partial charge in [-0.1, -0.05) is 12.1 Å². The van der Waals surface area contributed by atoms with Crippen LogP contribution in [0.1, 0.15) is 22.5 Å². The Labute approximate surface area is 159 Å². The summed E-state index contributed by atoms with van der Waals surface area (Å²) in [5.41, 5.74) is 0.664. The van der Waals surface area contributed by atoms with Crippen molar-refractivity contribution in [1.29, 1.82) is 0 Å². The molecule has 0 atom stereocenters. The number of anilines is 1. The lowest BCUT2D eigenvalue weighted by molar-refractivity contribution is -0.121. The Bertz CT molecular complexity index is 1060. The number of nitrogens with one attached hydrogen (secondary N) is 3. The topological polar surface area (TPSA) is 126 Å². The number of aryl methyl sites for hydroxylation is 1. The van der Waals surface area contributed by atoms with Crippen molar-refractivity contribution < 1.29 is 14.0 Å². The number of nitrogens with zero attached hydrogens (tertiary/aromatic N) is 1. The summed E-state index contributed by atoms with van der Waals surface area (Å²) in [4.78, 5) is 46.6. The summed E-state index contributed by atoms with van der Waals surface area (Å²) >= 11 is 0. The summed E-state index contributed by atoms with van der Waals surface area (Å²) in [6.45, 7) is 0.379. The van der Waals surface area contributed by atoms with Gasteiger partial charge in [0.05, 0.1) is 12.8 Å². The molecule has 1 aromatic carbocycles. The zero-order chi connectivity index (χ0) is 19.9. The van der Waals surface area contributed by atoms with E-state index in [0.29, 0.717) is 12.2 Å². The van der Waals surface area contributed by atoms with Gasteiger partial charge < -0.3 is 15.1 Å². The van der Waals surface area contributed by atoms with Crippen molar-refractivity contribution in [3.8, 4) is 0 Å². The monoisotopic (exact) mass is 382 g/mol. The van der Waals surface area contributed by atoms with Gasteiger partial charge in [-0.15, -0.1) is 0 Å². The fourth-order valence-electron chi connectivity index (χ4n) is 2.44. The molecule has 144 valence electrons. The zero-order valence-corrected chi connectivity index (χ0v) is 14.8. The van der Waals surface area contributed by atoms with E-state index in [1.54, 1.807) is 36.4 Å². The second-order valence-electron chi connectivity index (χ2n) is 5.95. The van der Waals surface area contributed by atoms with Crippen LogP contribution in [0.4, 0.5) is 5.69 Å². The predicted molar refractivity (Wildman–Crippen MR) is 101 cm³/mol. The van der Waals surface area contributed by atoms with E-state index < -0.39 is 5.56 Å². The molecule has 0 radical (unpaired) electrons. The fourth-order valence-corrected chi connectivity index (χ4v) is 2.44. The van der Waals surface area contributed by atoms with E-state index in [-0.39, 0.29) is 36.1 Å². The van der Waals surface area contributed by atoms with Gasteiger partial charge in [0.25, 0.3) is 17.0 Å². The van der Waals surface area contributed by atoms with Gasteiger partial charge in [0.2, 0.25) is 5.91 Å². The van der Waals surface area contributed by atoms with Crippen molar-refractivity contribution in [3.63, 3.8) is 0 Å². The number of carbonyl (C=O) groups excluding carboxylic acids is 2. The number of amides is 2. The largest absolute Gasteiger partial charge is 0.459 e. The molecule has 2 amide bonds. The molecular formula is C19H18N4O5. The number of hydrogen-bond acceptors (Lipinski definition) is 5. The molecule has 0 saturated heterocycles. The van der Waals surface area contributed by atoms with Crippen LogP contribution in [0.5, 0.6) is 0 Å². The molecule has 0 aliphatic carbocycles. The Morgan fingerprint density at radius 2 is 1.82 bits per heavy atom. The van der Waals surface area contributed by atoms with Crippen LogP contribution in [0.3, 0.4) is 0 Å². The average molecular weight is 382 g/mol. The first-order valence-electron chi connectivity index (χ1n) is 8.52. The van der Waals surface area contributed by atoms with Crippen molar-refractivity contribution in [3.05, 3.63) is 86.8 Å². The quantitative estimate of drug-likeness (QED) is 0.564. The molecule has 9 heteroatoms. The number of aromatic amines is 1. The average Bonchev–Trinajstić information content (AvgIpc) is 3.23. The van der Waals surface area contributed by atoms with E-state index in [9.17, 15) is 19.2 Å². The Balaban J connectivity index is 1.47. The van der Waals surface area contributed by atoms with E-state index in [1.807, 2.05) is 0 Å². The van der Waals surface area contributed by atoms with Crippen LogP contribution in [0.15, 0.2) is 68.8 Å². The summed E-state index contributed by atoms with van der Waals surface area (Å²) in [5, 5.41) is 7.80. The summed E-state index contributed by atoms with van der Waals surface area (Å²) in [5.74, 6) is -0.387. The number of aromatic nitrogens is 2. The molecule has 28 heavy (non-hydrogen) atoms. The first-order chi connectivity index (χ1) is 13.5. The maximum atomic E-state index is 11.9. The highest BCUT2D eigenvalue weighted by Crippen LogP contribution is 2.11. The van der Waals surface area contributed by atoms with Crippen LogP contribution < -0.4 is 21.8 Å². The highest BCUT2D eigenvalue weighted by atomic mass is 16.3. The lowest BCUT2D eigenvalue weighted by atomic mass is 10.2. The van der Waals surface area contributed by atoms with Crippen LogP contribution in [-0.4, -0.2) is 21.6 Å². The van der Waals surface area contributed by atoms with Crippen LogP contribution >= 0.6 is 0 Å². The molecule has 3 aromatic rings.